The van der Waals surface area contributed by atoms with E-state index in [-0.39, 0.29) is 31.9 Å². The molecule has 1 unspecified atom stereocenters. The van der Waals surface area contributed by atoms with E-state index >= 15 is 0 Å². The maximum absolute atomic E-state index is 13.9. The molecule has 0 bridgehead atoms. The number of fused-ring (bicyclic) bond motifs is 3. The lowest BCUT2D eigenvalue weighted by molar-refractivity contribution is -0.274. The number of hydrogen-bond acceptors (Lipinski definition) is 6. The van der Waals surface area contributed by atoms with Crippen molar-refractivity contribution in [1.29, 1.82) is 0 Å². The number of aromatic nitrogens is 1. The van der Waals surface area contributed by atoms with Crippen LogP contribution in [0, 0.1) is 5.82 Å². The Bertz CT molecular complexity index is 1480. The number of alkyl halides is 3. The van der Waals surface area contributed by atoms with Crippen molar-refractivity contribution >= 4 is 40.5 Å². The molecule has 0 radical (unpaired) electrons. The second kappa shape index (κ2) is 9.36. The van der Waals surface area contributed by atoms with Gasteiger partial charge in [-0.05, 0) is 42.3 Å². The number of ether oxygens (including phenoxy) is 2. The van der Waals surface area contributed by atoms with Crippen LogP contribution in [0.2, 0.25) is 0 Å². The van der Waals surface area contributed by atoms with E-state index in [0.717, 1.165) is 6.07 Å². The monoisotopic (exact) mass is 534 g/mol. The fraction of sp³-hybridized carbons (Fsp3) is 0.250. The molecular formula is C24H18F4N4O6. The third-order valence-electron chi connectivity index (χ3n) is 6.08. The Kier molecular flexibility index (Phi) is 6.17. The number of benzene rings is 2. The van der Waals surface area contributed by atoms with Crippen LogP contribution in [0.3, 0.4) is 0 Å². The third-order valence-corrected chi connectivity index (χ3v) is 6.08. The zero-order valence-electron chi connectivity index (χ0n) is 19.3. The minimum absolute atomic E-state index is 0.145. The van der Waals surface area contributed by atoms with Crippen molar-refractivity contribution in [3.63, 3.8) is 0 Å². The van der Waals surface area contributed by atoms with Gasteiger partial charge in [-0.3, -0.25) is 24.8 Å². The third kappa shape index (κ3) is 4.96. The van der Waals surface area contributed by atoms with Crippen LogP contribution < -0.4 is 15.4 Å². The molecule has 0 aliphatic carbocycles. The van der Waals surface area contributed by atoms with Crippen LogP contribution in [0.1, 0.15) is 24.1 Å². The highest BCUT2D eigenvalue weighted by molar-refractivity contribution is 6.03. The van der Waals surface area contributed by atoms with Gasteiger partial charge >= 0.3 is 18.5 Å². The van der Waals surface area contributed by atoms with Crippen molar-refractivity contribution in [1.82, 2.24) is 14.8 Å². The number of nitrogens with one attached hydrogen (secondary N) is 2. The second-order valence-corrected chi connectivity index (χ2v) is 8.63. The highest BCUT2D eigenvalue weighted by Crippen LogP contribution is 2.31. The first-order chi connectivity index (χ1) is 18.0. The first-order valence-corrected chi connectivity index (χ1v) is 11.3. The topological polar surface area (TPSA) is 119 Å². The molecule has 10 nitrogen and oxygen atoms in total. The molecule has 2 aromatic carbocycles. The molecule has 198 valence electrons. The van der Waals surface area contributed by atoms with Crippen molar-refractivity contribution in [2.24, 2.45) is 0 Å². The summed E-state index contributed by atoms with van der Waals surface area (Å²) in [5.74, 6) is -2.59. The van der Waals surface area contributed by atoms with E-state index in [4.69, 9.17) is 4.74 Å². The summed E-state index contributed by atoms with van der Waals surface area (Å²) in [7, 11) is 0. The Morgan fingerprint density at radius 2 is 1.89 bits per heavy atom. The van der Waals surface area contributed by atoms with Crippen LogP contribution in [0.25, 0.3) is 10.9 Å². The van der Waals surface area contributed by atoms with Crippen LogP contribution in [0.5, 0.6) is 5.75 Å². The maximum atomic E-state index is 13.9. The summed E-state index contributed by atoms with van der Waals surface area (Å²) < 4.78 is 61.3. The first kappa shape index (κ1) is 25.0. The van der Waals surface area contributed by atoms with Crippen molar-refractivity contribution < 1.29 is 46.2 Å². The molecular weight excluding hydrogens is 516 g/mol. The quantitative estimate of drug-likeness (QED) is 0.377. The van der Waals surface area contributed by atoms with E-state index in [9.17, 15) is 36.7 Å². The zero-order chi connectivity index (χ0) is 27.2. The number of imide groups is 1. The molecule has 1 aromatic heterocycles. The highest BCUT2D eigenvalue weighted by atomic mass is 19.4. The van der Waals surface area contributed by atoms with Crippen LogP contribution in [0.4, 0.5) is 32.8 Å². The fourth-order valence-corrected chi connectivity index (χ4v) is 4.44. The number of anilines is 1. The minimum atomic E-state index is -4.98. The summed E-state index contributed by atoms with van der Waals surface area (Å²) in [6.07, 6.45) is -5.71. The average molecular weight is 534 g/mol. The normalized spacial score (nSPS) is 17.4. The van der Waals surface area contributed by atoms with E-state index in [0.29, 0.717) is 34.3 Å². The Morgan fingerprint density at radius 1 is 1.11 bits per heavy atom. The molecule has 14 heteroatoms. The maximum Gasteiger partial charge on any atom is 0.573 e. The van der Waals surface area contributed by atoms with Crippen molar-refractivity contribution in [2.45, 2.75) is 38.4 Å². The van der Waals surface area contributed by atoms with Gasteiger partial charge in [-0.2, -0.15) is 0 Å². The van der Waals surface area contributed by atoms with E-state index in [2.05, 4.69) is 10.1 Å². The number of carbonyl (C=O) groups is 4. The van der Waals surface area contributed by atoms with Gasteiger partial charge in [-0.15, -0.1) is 13.2 Å². The van der Waals surface area contributed by atoms with Crippen molar-refractivity contribution in [3.05, 3.63) is 59.5 Å². The Hall–Kier alpha value is -4.62. The smallest absolute Gasteiger partial charge is 0.444 e. The van der Waals surface area contributed by atoms with Crippen molar-refractivity contribution in [2.75, 3.05) is 5.32 Å². The molecule has 3 heterocycles. The predicted molar refractivity (Wildman–Crippen MR) is 121 cm³/mol. The number of rotatable bonds is 5. The van der Waals surface area contributed by atoms with Gasteiger partial charge in [0.05, 0.1) is 17.7 Å². The van der Waals surface area contributed by atoms with Gasteiger partial charge in [-0.1, -0.05) is 6.07 Å². The van der Waals surface area contributed by atoms with E-state index in [1.54, 1.807) is 24.3 Å². The largest absolute Gasteiger partial charge is 0.573 e. The number of hydrogen-bond donors (Lipinski definition) is 2. The Labute approximate surface area is 211 Å². The van der Waals surface area contributed by atoms with E-state index < -0.39 is 47.7 Å². The van der Waals surface area contributed by atoms with Crippen molar-refractivity contribution in [3.8, 4) is 5.75 Å². The number of nitrogens with zero attached hydrogens (tertiary/aromatic N) is 2. The van der Waals surface area contributed by atoms with Gasteiger partial charge in [0.2, 0.25) is 11.8 Å². The van der Waals surface area contributed by atoms with Gasteiger partial charge in [-0.25, -0.2) is 14.0 Å². The molecule has 1 saturated heterocycles. The SMILES string of the molecule is O=C1CCC(N2Cc3cc4cc(COC(=O)Nc5cc(OC(F)(F)F)ccc5F)ccc4n3C2=O)C(=O)N1. The molecule has 1 fully saturated rings. The van der Waals surface area contributed by atoms with E-state index in [1.807, 2.05) is 5.32 Å². The lowest BCUT2D eigenvalue weighted by atomic mass is 10.0. The molecule has 5 rings (SSSR count). The van der Waals surface area contributed by atoms with Gasteiger partial charge in [0.1, 0.15) is 24.2 Å². The fourth-order valence-electron chi connectivity index (χ4n) is 4.44. The zero-order valence-corrected chi connectivity index (χ0v) is 19.3. The first-order valence-electron chi connectivity index (χ1n) is 11.3. The number of amides is 4. The lowest BCUT2D eigenvalue weighted by Gasteiger charge is -2.28. The van der Waals surface area contributed by atoms with Gasteiger partial charge < -0.3 is 14.4 Å². The Balaban J connectivity index is 1.24. The van der Waals surface area contributed by atoms with Crippen LogP contribution >= 0.6 is 0 Å². The molecule has 2 N–H and O–H groups in total. The number of halogens is 4. The van der Waals surface area contributed by atoms with Crippen LogP contribution in [-0.2, 0) is 27.5 Å². The predicted octanol–water partition coefficient (Wildman–Crippen LogP) is 4.02. The van der Waals surface area contributed by atoms with Crippen LogP contribution in [0.15, 0.2) is 42.5 Å². The molecule has 0 spiro atoms. The standard InChI is InChI=1S/C24H18F4N4O6/c25-16-3-2-15(38-24(26,27)28)9-17(16)29-22(35)37-11-12-1-4-18-13(7-12)8-14-10-31(23(36)32(14)18)19-5-6-20(33)30-21(19)34/h1-4,7-9,19H,5-6,10-11H2,(H,29,35)(H,30,33,34). The summed E-state index contributed by atoms with van der Waals surface area (Å²) in [6.45, 7) is -0.0737. The lowest BCUT2D eigenvalue weighted by Crippen LogP contribution is -2.52. The molecule has 0 saturated carbocycles. The van der Waals surface area contributed by atoms with E-state index in [1.165, 1.54) is 9.47 Å². The molecule has 3 aromatic rings. The summed E-state index contributed by atoms with van der Waals surface area (Å²) in [4.78, 5) is 50.2. The Morgan fingerprint density at radius 3 is 2.63 bits per heavy atom. The molecule has 4 amide bonds. The summed E-state index contributed by atoms with van der Waals surface area (Å²) in [5, 5.41) is 4.94. The highest BCUT2D eigenvalue weighted by Gasteiger charge is 2.40. The molecule has 2 aliphatic rings. The minimum Gasteiger partial charge on any atom is -0.444 e. The van der Waals surface area contributed by atoms with Gasteiger partial charge in [0, 0.05) is 23.6 Å². The summed E-state index contributed by atoms with van der Waals surface area (Å²) >= 11 is 0. The molecule has 1 atom stereocenters. The van der Waals surface area contributed by atoms with Gasteiger partial charge in [0.25, 0.3) is 0 Å². The number of carbonyl (C=O) groups excluding carboxylic acids is 4. The summed E-state index contributed by atoms with van der Waals surface area (Å²) in [6, 6.07) is 7.67. The second-order valence-electron chi connectivity index (χ2n) is 8.63. The van der Waals surface area contributed by atoms with Crippen LogP contribution in [-0.4, -0.2) is 45.8 Å². The molecule has 2 aliphatic heterocycles. The molecule has 38 heavy (non-hydrogen) atoms. The average Bonchev–Trinajstić information content (AvgIpc) is 3.34. The van der Waals surface area contributed by atoms with Gasteiger partial charge in [0.15, 0.2) is 0 Å². The summed E-state index contributed by atoms with van der Waals surface area (Å²) in [5.41, 5.74) is 1.18. The number of piperidine rings is 1.